The van der Waals surface area contributed by atoms with Crippen molar-refractivity contribution in [3.05, 3.63) is 28.8 Å². The van der Waals surface area contributed by atoms with Crippen LogP contribution in [0, 0.1) is 6.92 Å². The first-order valence-electron chi connectivity index (χ1n) is 7.13. The van der Waals surface area contributed by atoms with Crippen LogP contribution in [0.1, 0.15) is 19.4 Å². The van der Waals surface area contributed by atoms with Gasteiger partial charge < -0.3 is 15.5 Å². The van der Waals surface area contributed by atoms with Gasteiger partial charge in [0.25, 0.3) is 11.8 Å². The summed E-state index contributed by atoms with van der Waals surface area (Å²) in [5.41, 5.74) is 1.55. The van der Waals surface area contributed by atoms with Crippen molar-refractivity contribution in [2.45, 2.75) is 20.8 Å². The summed E-state index contributed by atoms with van der Waals surface area (Å²) >= 11 is 6.02. The Labute approximate surface area is 130 Å². The van der Waals surface area contributed by atoms with Gasteiger partial charge in [-0.05, 0) is 38.5 Å². The Hall–Kier alpha value is -1.59. The molecule has 0 aliphatic carbocycles. The highest BCUT2D eigenvalue weighted by Gasteiger charge is 2.16. The summed E-state index contributed by atoms with van der Waals surface area (Å²) in [5, 5.41) is 6.21. The van der Waals surface area contributed by atoms with E-state index in [1.807, 2.05) is 26.8 Å². The molecular formula is C15H23ClN3O2+. The van der Waals surface area contributed by atoms with E-state index in [9.17, 15) is 9.59 Å². The van der Waals surface area contributed by atoms with Gasteiger partial charge in [-0.25, -0.2) is 0 Å². The fourth-order valence-corrected chi connectivity index (χ4v) is 2.14. The van der Waals surface area contributed by atoms with Crippen LogP contribution < -0.4 is 15.5 Å². The van der Waals surface area contributed by atoms with Crippen molar-refractivity contribution in [1.29, 1.82) is 0 Å². The number of halogens is 1. The number of quaternary nitrogens is 1. The van der Waals surface area contributed by atoms with Crippen LogP contribution in [-0.4, -0.2) is 38.0 Å². The molecule has 1 unspecified atom stereocenters. The minimum atomic E-state index is -0.124. The molecule has 0 aromatic heterocycles. The van der Waals surface area contributed by atoms with Gasteiger partial charge in [-0.1, -0.05) is 17.7 Å². The summed E-state index contributed by atoms with van der Waals surface area (Å²) < 4.78 is 0. The second kappa shape index (κ2) is 8.64. The van der Waals surface area contributed by atoms with Crippen molar-refractivity contribution in [3.8, 4) is 0 Å². The molecule has 1 aromatic carbocycles. The molecule has 1 rings (SSSR count). The molecule has 0 radical (unpaired) electrons. The molecule has 5 nitrogen and oxygen atoms in total. The van der Waals surface area contributed by atoms with Crippen molar-refractivity contribution in [2.75, 3.05) is 31.5 Å². The van der Waals surface area contributed by atoms with E-state index in [0.29, 0.717) is 30.3 Å². The van der Waals surface area contributed by atoms with Gasteiger partial charge in [0, 0.05) is 17.3 Å². The topological polar surface area (TPSA) is 62.6 Å². The zero-order valence-electron chi connectivity index (χ0n) is 12.8. The number of hydrogen-bond donors (Lipinski definition) is 3. The number of amides is 2. The molecule has 0 saturated carbocycles. The summed E-state index contributed by atoms with van der Waals surface area (Å²) in [6.07, 6.45) is 0. The van der Waals surface area contributed by atoms with Gasteiger partial charge in [0.15, 0.2) is 13.1 Å². The Morgan fingerprint density at radius 3 is 2.48 bits per heavy atom. The first-order chi connectivity index (χ1) is 9.97. The SMILES string of the molecule is CCNC(=O)C[NH+](CC)CC(=O)Nc1cccc(Cl)c1C. The maximum absolute atomic E-state index is 12.1. The van der Waals surface area contributed by atoms with E-state index in [1.54, 1.807) is 12.1 Å². The van der Waals surface area contributed by atoms with Crippen LogP contribution in [0.4, 0.5) is 5.69 Å². The smallest absolute Gasteiger partial charge is 0.279 e. The van der Waals surface area contributed by atoms with Crippen molar-refractivity contribution < 1.29 is 14.5 Å². The third kappa shape index (κ3) is 5.73. The molecule has 0 aliphatic rings. The van der Waals surface area contributed by atoms with Crippen molar-refractivity contribution in [2.24, 2.45) is 0 Å². The number of likely N-dealkylation sites (N-methyl/N-ethyl adjacent to an activating group) is 2. The predicted molar refractivity (Wildman–Crippen MR) is 84.7 cm³/mol. The molecule has 3 N–H and O–H groups in total. The van der Waals surface area contributed by atoms with Crippen molar-refractivity contribution >= 4 is 29.1 Å². The normalized spacial score (nSPS) is 11.8. The third-order valence-electron chi connectivity index (χ3n) is 3.24. The summed E-state index contributed by atoms with van der Waals surface area (Å²) in [6, 6.07) is 5.39. The van der Waals surface area contributed by atoms with E-state index in [1.165, 1.54) is 0 Å². The molecular weight excluding hydrogens is 290 g/mol. The van der Waals surface area contributed by atoms with Crippen molar-refractivity contribution in [3.63, 3.8) is 0 Å². The number of carbonyl (C=O) groups is 2. The number of hydrogen-bond acceptors (Lipinski definition) is 2. The lowest BCUT2D eigenvalue weighted by Gasteiger charge is -2.17. The lowest BCUT2D eigenvalue weighted by atomic mass is 10.2. The molecule has 0 heterocycles. The van der Waals surface area contributed by atoms with Crippen LogP contribution in [0.15, 0.2) is 18.2 Å². The monoisotopic (exact) mass is 312 g/mol. The minimum Gasteiger partial charge on any atom is -0.351 e. The Morgan fingerprint density at radius 1 is 1.19 bits per heavy atom. The summed E-state index contributed by atoms with van der Waals surface area (Å²) in [6.45, 7) is 7.54. The Kier molecular flexibility index (Phi) is 7.19. The average Bonchev–Trinajstić information content (AvgIpc) is 2.43. The fraction of sp³-hybridized carbons (Fsp3) is 0.467. The highest BCUT2D eigenvalue weighted by Crippen LogP contribution is 2.22. The molecule has 0 bridgehead atoms. The van der Waals surface area contributed by atoms with Gasteiger partial charge >= 0.3 is 0 Å². The van der Waals surface area contributed by atoms with Crippen molar-refractivity contribution in [1.82, 2.24) is 5.32 Å². The molecule has 21 heavy (non-hydrogen) atoms. The largest absolute Gasteiger partial charge is 0.351 e. The number of anilines is 1. The molecule has 6 heteroatoms. The van der Waals surface area contributed by atoms with E-state index >= 15 is 0 Å². The predicted octanol–water partition coefficient (Wildman–Crippen LogP) is 0.628. The van der Waals surface area contributed by atoms with Crippen LogP contribution >= 0.6 is 11.6 Å². The van der Waals surface area contributed by atoms with Gasteiger partial charge in [0.2, 0.25) is 0 Å². The van der Waals surface area contributed by atoms with E-state index in [0.717, 1.165) is 10.5 Å². The first kappa shape index (κ1) is 17.5. The zero-order valence-corrected chi connectivity index (χ0v) is 13.5. The maximum atomic E-state index is 12.1. The molecule has 0 fully saturated rings. The van der Waals surface area contributed by atoms with Crippen LogP contribution in [0.2, 0.25) is 5.02 Å². The Balaban J connectivity index is 2.58. The first-order valence-corrected chi connectivity index (χ1v) is 7.50. The second-order valence-electron chi connectivity index (χ2n) is 4.87. The zero-order chi connectivity index (χ0) is 15.8. The molecule has 0 aliphatic heterocycles. The molecule has 116 valence electrons. The Morgan fingerprint density at radius 2 is 1.86 bits per heavy atom. The summed E-state index contributed by atoms with van der Waals surface area (Å²) in [7, 11) is 0. The number of benzene rings is 1. The molecule has 0 spiro atoms. The molecule has 1 aromatic rings. The average molecular weight is 313 g/mol. The van der Waals surface area contributed by atoms with Gasteiger partial charge in [0.05, 0.1) is 6.54 Å². The van der Waals surface area contributed by atoms with E-state index < -0.39 is 0 Å². The van der Waals surface area contributed by atoms with E-state index in [2.05, 4.69) is 10.6 Å². The van der Waals surface area contributed by atoms with Crippen LogP contribution in [0.5, 0.6) is 0 Å². The fourth-order valence-electron chi connectivity index (χ4n) is 1.96. The number of carbonyl (C=O) groups excluding carboxylic acids is 2. The standard InChI is InChI=1S/C15H22ClN3O2/c1-4-17-14(20)9-19(5-2)10-15(21)18-13-8-6-7-12(16)11(13)3/h6-8H,4-5,9-10H2,1-3H3,(H,17,20)(H,18,21)/p+1. The van der Waals surface area contributed by atoms with E-state index in [-0.39, 0.29) is 18.4 Å². The van der Waals surface area contributed by atoms with Crippen LogP contribution in [0.25, 0.3) is 0 Å². The summed E-state index contributed by atoms with van der Waals surface area (Å²) in [4.78, 5) is 24.6. The molecule has 2 amide bonds. The molecule has 0 saturated heterocycles. The minimum absolute atomic E-state index is 0.0407. The lowest BCUT2D eigenvalue weighted by Crippen LogP contribution is -3.14. The molecule has 1 atom stereocenters. The second-order valence-corrected chi connectivity index (χ2v) is 5.28. The van der Waals surface area contributed by atoms with Gasteiger partial charge in [-0.2, -0.15) is 0 Å². The van der Waals surface area contributed by atoms with Gasteiger partial charge in [-0.3, -0.25) is 9.59 Å². The van der Waals surface area contributed by atoms with Crippen LogP contribution in [0.3, 0.4) is 0 Å². The highest BCUT2D eigenvalue weighted by molar-refractivity contribution is 6.31. The van der Waals surface area contributed by atoms with Gasteiger partial charge in [0.1, 0.15) is 0 Å². The van der Waals surface area contributed by atoms with E-state index in [4.69, 9.17) is 11.6 Å². The number of rotatable bonds is 7. The highest BCUT2D eigenvalue weighted by atomic mass is 35.5. The number of nitrogens with one attached hydrogen (secondary N) is 3. The lowest BCUT2D eigenvalue weighted by molar-refractivity contribution is -0.881. The third-order valence-corrected chi connectivity index (χ3v) is 3.65. The van der Waals surface area contributed by atoms with Gasteiger partial charge in [-0.15, -0.1) is 0 Å². The maximum Gasteiger partial charge on any atom is 0.279 e. The van der Waals surface area contributed by atoms with Crippen LogP contribution in [-0.2, 0) is 9.59 Å². The summed E-state index contributed by atoms with van der Waals surface area (Å²) in [5.74, 6) is -0.164. The quantitative estimate of drug-likeness (QED) is 0.691. The Bertz CT molecular complexity index is 506.